The van der Waals surface area contributed by atoms with Gasteiger partial charge in [-0.05, 0) is 18.6 Å². The number of nitrogens with zero attached hydrogens (tertiary/aromatic N) is 3. The number of aromatic nitrogens is 3. The fourth-order valence-electron chi connectivity index (χ4n) is 2.33. The maximum atomic E-state index is 14.0. The SMILES string of the molecule is CC[C@H](C)[C@H]([NH3+])c1nnc2n1NC(c1ccc(F)cc1F)=CS2. The van der Waals surface area contributed by atoms with E-state index in [9.17, 15) is 8.78 Å². The Balaban J connectivity index is 1.92. The third kappa shape index (κ3) is 2.96. The summed E-state index contributed by atoms with van der Waals surface area (Å²) in [5.74, 6) is -0.173. The van der Waals surface area contributed by atoms with E-state index in [-0.39, 0.29) is 6.04 Å². The molecule has 0 bridgehead atoms. The van der Waals surface area contributed by atoms with E-state index in [1.165, 1.54) is 23.9 Å². The van der Waals surface area contributed by atoms with Gasteiger partial charge in [-0.25, -0.2) is 13.5 Å². The van der Waals surface area contributed by atoms with Gasteiger partial charge in [0.1, 0.15) is 17.7 Å². The fraction of sp³-hybridized carbons (Fsp3) is 0.333. The molecule has 4 N–H and O–H groups in total. The Morgan fingerprint density at radius 2 is 2.13 bits per heavy atom. The molecule has 8 heteroatoms. The van der Waals surface area contributed by atoms with E-state index >= 15 is 0 Å². The van der Waals surface area contributed by atoms with Crippen LogP contribution in [-0.4, -0.2) is 14.9 Å². The van der Waals surface area contributed by atoms with Crippen LogP contribution in [0, 0.1) is 17.6 Å². The van der Waals surface area contributed by atoms with Gasteiger partial charge in [0.2, 0.25) is 11.0 Å². The third-order valence-electron chi connectivity index (χ3n) is 4.06. The summed E-state index contributed by atoms with van der Waals surface area (Å²) in [7, 11) is 0. The summed E-state index contributed by atoms with van der Waals surface area (Å²) >= 11 is 1.34. The van der Waals surface area contributed by atoms with Crippen LogP contribution in [0.3, 0.4) is 0 Å². The molecular formula is C15H18F2N5S+. The molecule has 3 rings (SSSR count). The van der Waals surface area contributed by atoms with E-state index in [0.29, 0.717) is 28.2 Å². The second-order valence-electron chi connectivity index (χ2n) is 5.55. The van der Waals surface area contributed by atoms with Gasteiger partial charge < -0.3 is 5.73 Å². The van der Waals surface area contributed by atoms with Crippen LogP contribution in [-0.2, 0) is 0 Å². The van der Waals surface area contributed by atoms with Crippen molar-refractivity contribution in [3.8, 4) is 0 Å². The predicted molar refractivity (Wildman–Crippen MR) is 84.7 cm³/mol. The molecule has 2 atom stereocenters. The maximum Gasteiger partial charge on any atom is 0.214 e. The zero-order chi connectivity index (χ0) is 16.6. The average molecular weight is 338 g/mol. The summed E-state index contributed by atoms with van der Waals surface area (Å²) in [6.45, 7) is 4.20. The van der Waals surface area contributed by atoms with E-state index in [2.05, 4.69) is 35.2 Å². The number of rotatable bonds is 4. The first-order chi connectivity index (χ1) is 11.0. The maximum absolute atomic E-state index is 14.0. The van der Waals surface area contributed by atoms with E-state index in [0.717, 1.165) is 12.5 Å². The summed E-state index contributed by atoms with van der Waals surface area (Å²) in [5.41, 5.74) is 8.12. The number of thioether (sulfide) groups is 1. The normalized spacial score (nSPS) is 16.3. The van der Waals surface area contributed by atoms with Crippen LogP contribution in [0.15, 0.2) is 28.8 Å². The number of benzene rings is 1. The minimum Gasteiger partial charge on any atom is -0.348 e. The van der Waals surface area contributed by atoms with Gasteiger partial charge in [0.25, 0.3) is 0 Å². The highest BCUT2D eigenvalue weighted by Crippen LogP contribution is 2.31. The first-order valence-electron chi connectivity index (χ1n) is 7.39. The molecule has 0 saturated carbocycles. The second kappa shape index (κ2) is 6.29. The van der Waals surface area contributed by atoms with Gasteiger partial charge >= 0.3 is 0 Å². The smallest absolute Gasteiger partial charge is 0.214 e. The predicted octanol–water partition coefficient (Wildman–Crippen LogP) is 2.53. The molecule has 1 aliphatic rings. The summed E-state index contributed by atoms with van der Waals surface area (Å²) < 4.78 is 28.8. The Kier molecular flexibility index (Phi) is 4.36. The van der Waals surface area contributed by atoms with Gasteiger partial charge in [-0.15, -0.1) is 10.2 Å². The number of quaternary nitrogens is 1. The number of hydrogen-bond acceptors (Lipinski definition) is 4. The number of fused-ring (bicyclic) bond motifs is 1. The molecule has 0 aliphatic carbocycles. The van der Waals surface area contributed by atoms with Crippen LogP contribution >= 0.6 is 11.8 Å². The topological polar surface area (TPSA) is 70.4 Å². The Hall–Kier alpha value is -1.93. The van der Waals surface area contributed by atoms with Gasteiger partial charge in [0, 0.05) is 23.0 Å². The molecule has 1 aromatic heterocycles. The van der Waals surface area contributed by atoms with Gasteiger partial charge in [0.05, 0.1) is 5.70 Å². The molecule has 1 aromatic carbocycles. The fourth-order valence-corrected chi connectivity index (χ4v) is 3.07. The monoisotopic (exact) mass is 338 g/mol. The Labute approximate surface area is 136 Å². The molecule has 0 spiro atoms. The van der Waals surface area contributed by atoms with Crippen molar-refractivity contribution >= 4 is 17.5 Å². The number of nitrogens with one attached hydrogen (secondary N) is 1. The van der Waals surface area contributed by atoms with Crippen LogP contribution in [0.2, 0.25) is 0 Å². The molecule has 2 heterocycles. The van der Waals surface area contributed by atoms with E-state index < -0.39 is 11.6 Å². The van der Waals surface area contributed by atoms with Crippen molar-refractivity contribution < 1.29 is 14.5 Å². The molecular weight excluding hydrogens is 320 g/mol. The number of hydrogen-bond donors (Lipinski definition) is 2. The summed E-state index contributed by atoms with van der Waals surface area (Å²) in [6, 6.07) is 3.48. The molecule has 0 radical (unpaired) electrons. The van der Waals surface area contributed by atoms with Crippen LogP contribution in [0.4, 0.5) is 8.78 Å². The highest BCUT2D eigenvalue weighted by molar-refractivity contribution is 8.02. The third-order valence-corrected chi connectivity index (χ3v) is 4.89. The largest absolute Gasteiger partial charge is 0.348 e. The molecule has 122 valence electrons. The van der Waals surface area contributed by atoms with Gasteiger partial charge in [-0.2, -0.15) is 0 Å². The first kappa shape index (κ1) is 15.9. The zero-order valence-corrected chi connectivity index (χ0v) is 13.7. The molecule has 0 amide bonds. The van der Waals surface area contributed by atoms with E-state index in [1.54, 1.807) is 10.1 Å². The lowest BCUT2D eigenvalue weighted by Crippen LogP contribution is -2.57. The molecule has 0 saturated heterocycles. The number of halogens is 2. The average Bonchev–Trinajstić information content (AvgIpc) is 2.96. The van der Waals surface area contributed by atoms with Gasteiger partial charge in [0.15, 0.2) is 0 Å². The second-order valence-corrected chi connectivity index (χ2v) is 6.39. The van der Waals surface area contributed by atoms with Crippen LogP contribution in [0.25, 0.3) is 5.70 Å². The lowest BCUT2D eigenvalue weighted by atomic mass is 10.00. The molecule has 0 fully saturated rings. The van der Waals surface area contributed by atoms with Crippen molar-refractivity contribution in [3.05, 3.63) is 46.6 Å². The minimum atomic E-state index is -0.615. The van der Waals surface area contributed by atoms with Crippen molar-refractivity contribution in [1.29, 1.82) is 0 Å². The van der Waals surface area contributed by atoms with Crippen molar-refractivity contribution in [2.24, 2.45) is 5.92 Å². The van der Waals surface area contributed by atoms with Crippen LogP contribution in [0.1, 0.15) is 37.7 Å². The van der Waals surface area contributed by atoms with Gasteiger partial charge in [-0.1, -0.05) is 25.6 Å². The minimum absolute atomic E-state index is 0.0354. The van der Waals surface area contributed by atoms with Crippen molar-refractivity contribution in [2.45, 2.75) is 31.5 Å². The quantitative estimate of drug-likeness (QED) is 0.899. The lowest BCUT2D eigenvalue weighted by molar-refractivity contribution is -0.442. The molecule has 5 nitrogen and oxygen atoms in total. The Morgan fingerprint density at radius 3 is 2.83 bits per heavy atom. The van der Waals surface area contributed by atoms with Crippen molar-refractivity contribution in [2.75, 3.05) is 5.43 Å². The van der Waals surface area contributed by atoms with Crippen molar-refractivity contribution in [3.63, 3.8) is 0 Å². The highest BCUT2D eigenvalue weighted by atomic mass is 32.2. The van der Waals surface area contributed by atoms with E-state index in [1.807, 2.05) is 0 Å². The van der Waals surface area contributed by atoms with Crippen LogP contribution < -0.4 is 11.2 Å². The summed E-state index contributed by atoms with van der Waals surface area (Å²) in [5, 5.41) is 10.8. The standard InChI is InChI=1S/C15H17F2N5S/c1-3-8(2)13(18)14-19-20-15-22(14)21-12(7-23-15)10-5-4-9(16)6-11(10)17/h4-8,13,21H,3,18H2,1-2H3/p+1/t8-,13-/m0/s1. The molecule has 23 heavy (non-hydrogen) atoms. The van der Waals surface area contributed by atoms with Crippen molar-refractivity contribution in [1.82, 2.24) is 14.9 Å². The molecule has 2 aromatic rings. The first-order valence-corrected chi connectivity index (χ1v) is 8.27. The highest BCUT2D eigenvalue weighted by Gasteiger charge is 2.28. The Morgan fingerprint density at radius 1 is 1.35 bits per heavy atom. The van der Waals surface area contributed by atoms with Crippen LogP contribution in [0.5, 0.6) is 0 Å². The lowest BCUT2D eigenvalue weighted by Gasteiger charge is -2.21. The molecule has 1 aliphatic heterocycles. The van der Waals surface area contributed by atoms with Gasteiger partial charge in [-0.3, -0.25) is 5.43 Å². The summed E-state index contributed by atoms with van der Waals surface area (Å²) in [6.07, 6.45) is 0.971. The van der Waals surface area contributed by atoms with E-state index in [4.69, 9.17) is 0 Å². The Bertz CT molecular complexity index is 758. The molecule has 0 unspecified atom stereocenters. The zero-order valence-electron chi connectivity index (χ0n) is 12.9. The summed E-state index contributed by atoms with van der Waals surface area (Å²) in [4.78, 5) is 0.